The van der Waals surface area contributed by atoms with Gasteiger partial charge in [0.2, 0.25) is 0 Å². The number of hydrogen-bond donors (Lipinski definition) is 1. The number of anilines is 1. The first-order valence-corrected chi connectivity index (χ1v) is 5.79. The van der Waals surface area contributed by atoms with Gasteiger partial charge in [0.05, 0.1) is 11.9 Å². The van der Waals surface area contributed by atoms with E-state index >= 15 is 0 Å². The zero-order valence-electron chi connectivity index (χ0n) is 9.32. The molecule has 1 fully saturated rings. The lowest BCUT2D eigenvalue weighted by Gasteiger charge is -2.29. The molecular weight excluding hydrogens is 226 g/mol. The van der Waals surface area contributed by atoms with Crippen LogP contribution in [0.1, 0.15) is 12.8 Å². The number of pyridine rings is 1. The molecular formula is C11H16ClN3O. The van der Waals surface area contributed by atoms with Crippen molar-refractivity contribution in [2.45, 2.75) is 18.9 Å². The van der Waals surface area contributed by atoms with Crippen molar-refractivity contribution in [2.24, 2.45) is 0 Å². The van der Waals surface area contributed by atoms with Gasteiger partial charge in [-0.15, -0.1) is 0 Å². The second-order valence-corrected chi connectivity index (χ2v) is 4.57. The fourth-order valence-electron chi connectivity index (χ4n) is 1.83. The molecule has 1 aliphatic heterocycles. The third-order valence-electron chi connectivity index (χ3n) is 2.83. The largest absolute Gasteiger partial charge is 0.486 e. The minimum absolute atomic E-state index is 0.207. The van der Waals surface area contributed by atoms with Gasteiger partial charge in [-0.3, -0.25) is 4.98 Å². The van der Waals surface area contributed by atoms with Crippen LogP contribution in [0.4, 0.5) is 5.69 Å². The van der Waals surface area contributed by atoms with Crippen LogP contribution in [0.5, 0.6) is 5.75 Å². The third-order valence-corrected chi connectivity index (χ3v) is 3.10. The fourth-order valence-corrected chi connectivity index (χ4v) is 2.04. The molecule has 0 aromatic carbocycles. The van der Waals surface area contributed by atoms with E-state index in [1.54, 1.807) is 12.4 Å². The molecule has 5 heteroatoms. The van der Waals surface area contributed by atoms with Crippen molar-refractivity contribution >= 4 is 17.3 Å². The lowest BCUT2D eigenvalue weighted by atomic mass is 10.1. The minimum Gasteiger partial charge on any atom is -0.486 e. The quantitative estimate of drug-likeness (QED) is 0.858. The highest BCUT2D eigenvalue weighted by Crippen LogP contribution is 2.31. The van der Waals surface area contributed by atoms with Crippen LogP contribution in [-0.2, 0) is 0 Å². The summed E-state index contributed by atoms with van der Waals surface area (Å²) in [4.78, 5) is 6.19. The molecule has 4 nitrogen and oxygen atoms in total. The Bertz CT molecular complexity index is 344. The normalized spacial score (nSPS) is 18.6. The summed E-state index contributed by atoms with van der Waals surface area (Å²) in [5, 5.41) is 0.485. The number of nitrogens with zero attached hydrogens (tertiary/aromatic N) is 2. The van der Waals surface area contributed by atoms with Crippen LogP contribution in [0.2, 0.25) is 5.02 Å². The number of hydrogen-bond acceptors (Lipinski definition) is 4. The highest BCUT2D eigenvalue weighted by atomic mass is 35.5. The third kappa shape index (κ3) is 2.57. The summed E-state index contributed by atoms with van der Waals surface area (Å²) >= 11 is 6.00. The van der Waals surface area contributed by atoms with Gasteiger partial charge in [0, 0.05) is 19.3 Å². The zero-order valence-corrected chi connectivity index (χ0v) is 10.1. The van der Waals surface area contributed by atoms with E-state index in [2.05, 4.69) is 16.9 Å². The van der Waals surface area contributed by atoms with Crippen molar-refractivity contribution in [3.63, 3.8) is 0 Å². The summed E-state index contributed by atoms with van der Waals surface area (Å²) in [6.07, 6.45) is 5.35. The molecule has 0 aliphatic carbocycles. The molecule has 0 bridgehead atoms. The first kappa shape index (κ1) is 11.5. The van der Waals surface area contributed by atoms with E-state index < -0.39 is 0 Å². The van der Waals surface area contributed by atoms with Gasteiger partial charge in [-0.1, -0.05) is 11.6 Å². The lowest BCUT2D eigenvalue weighted by molar-refractivity contribution is 0.115. The second-order valence-electron chi connectivity index (χ2n) is 4.16. The second kappa shape index (κ2) is 4.89. The molecule has 0 saturated carbocycles. The Hall–Kier alpha value is -1.00. The summed E-state index contributed by atoms with van der Waals surface area (Å²) in [6, 6.07) is 0. The summed E-state index contributed by atoms with van der Waals surface area (Å²) in [5.74, 6) is 0.575. The number of ether oxygens (including phenoxy) is 1. The predicted octanol–water partition coefficient (Wildman–Crippen LogP) is 1.79. The van der Waals surface area contributed by atoms with Gasteiger partial charge in [-0.05, 0) is 19.9 Å². The first-order valence-electron chi connectivity index (χ1n) is 5.41. The maximum absolute atomic E-state index is 6.00. The Balaban J connectivity index is 2.04. The average molecular weight is 242 g/mol. The standard InChI is InChI=1S/C11H16ClN3O/c1-15-4-2-8(3-5-15)16-11-9(12)6-14-7-10(11)13/h6-8H,2-5,13H2,1H3. The Morgan fingerprint density at radius 3 is 2.75 bits per heavy atom. The van der Waals surface area contributed by atoms with Gasteiger partial charge in [0.15, 0.2) is 5.75 Å². The Morgan fingerprint density at radius 1 is 1.44 bits per heavy atom. The van der Waals surface area contributed by atoms with Crippen LogP contribution in [0.15, 0.2) is 12.4 Å². The van der Waals surface area contributed by atoms with Gasteiger partial charge in [-0.25, -0.2) is 0 Å². The van der Waals surface area contributed by atoms with Crippen molar-refractivity contribution in [1.82, 2.24) is 9.88 Å². The monoisotopic (exact) mass is 241 g/mol. The first-order chi connectivity index (χ1) is 7.66. The fraction of sp³-hybridized carbons (Fsp3) is 0.545. The molecule has 88 valence electrons. The van der Waals surface area contributed by atoms with Crippen LogP contribution in [0.3, 0.4) is 0 Å². The molecule has 2 rings (SSSR count). The molecule has 1 aliphatic rings. The number of aromatic nitrogens is 1. The molecule has 0 unspecified atom stereocenters. The van der Waals surface area contributed by atoms with Crippen molar-refractivity contribution in [3.05, 3.63) is 17.4 Å². The van der Waals surface area contributed by atoms with E-state index in [1.165, 1.54) is 0 Å². The Morgan fingerprint density at radius 2 is 2.12 bits per heavy atom. The van der Waals surface area contributed by atoms with Gasteiger partial charge < -0.3 is 15.4 Å². The molecule has 0 radical (unpaired) electrons. The highest BCUT2D eigenvalue weighted by Gasteiger charge is 2.20. The van der Waals surface area contributed by atoms with Crippen molar-refractivity contribution in [1.29, 1.82) is 0 Å². The average Bonchev–Trinajstić information content (AvgIpc) is 2.26. The van der Waals surface area contributed by atoms with Crippen LogP contribution in [-0.4, -0.2) is 36.1 Å². The number of likely N-dealkylation sites (tertiary alicyclic amines) is 1. The molecule has 16 heavy (non-hydrogen) atoms. The summed E-state index contributed by atoms with van der Waals surface area (Å²) in [7, 11) is 2.12. The minimum atomic E-state index is 0.207. The van der Waals surface area contributed by atoms with E-state index in [0.29, 0.717) is 16.5 Å². The molecule has 1 aromatic rings. The van der Waals surface area contributed by atoms with Crippen molar-refractivity contribution in [2.75, 3.05) is 25.9 Å². The number of halogens is 1. The molecule has 2 N–H and O–H groups in total. The number of piperidine rings is 1. The SMILES string of the molecule is CN1CCC(Oc2c(N)cncc2Cl)CC1. The number of nitrogen functional groups attached to an aromatic ring is 1. The van der Waals surface area contributed by atoms with E-state index in [1.807, 2.05) is 0 Å². The van der Waals surface area contributed by atoms with E-state index in [9.17, 15) is 0 Å². The maximum Gasteiger partial charge on any atom is 0.164 e. The Labute approximate surface area is 100 Å². The summed E-state index contributed by atoms with van der Waals surface area (Å²) < 4.78 is 5.84. The molecule has 0 amide bonds. The van der Waals surface area contributed by atoms with Crippen molar-refractivity contribution in [3.8, 4) is 5.75 Å². The Kier molecular flexibility index (Phi) is 3.51. The van der Waals surface area contributed by atoms with Crippen LogP contribution >= 0.6 is 11.6 Å². The predicted molar refractivity (Wildman–Crippen MR) is 64.8 cm³/mol. The topological polar surface area (TPSA) is 51.4 Å². The molecule has 0 atom stereocenters. The smallest absolute Gasteiger partial charge is 0.164 e. The van der Waals surface area contributed by atoms with Gasteiger partial charge in [-0.2, -0.15) is 0 Å². The summed E-state index contributed by atoms with van der Waals surface area (Å²) in [5.41, 5.74) is 6.29. The van der Waals surface area contributed by atoms with Crippen LogP contribution < -0.4 is 10.5 Å². The van der Waals surface area contributed by atoms with E-state index in [0.717, 1.165) is 25.9 Å². The zero-order chi connectivity index (χ0) is 11.5. The number of rotatable bonds is 2. The number of nitrogens with two attached hydrogens (primary N) is 1. The molecule has 2 heterocycles. The molecule has 0 spiro atoms. The van der Waals surface area contributed by atoms with Gasteiger partial charge >= 0.3 is 0 Å². The van der Waals surface area contributed by atoms with Crippen LogP contribution in [0, 0.1) is 0 Å². The molecule has 1 saturated heterocycles. The lowest BCUT2D eigenvalue weighted by Crippen LogP contribution is -2.35. The maximum atomic E-state index is 6.00. The summed E-state index contributed by atoms with van der Waals surface area (Å²) in [6.45, 7) is 2.10. The van der Waals surface area contributed by atoms with Crippen LogP contribution in [0.25, 0.3) is 0 Å². The van der Waals surface area contributed by atoms with E-state index in [-0.39, 0.29) is 6.10 Å². The van der Waals surface area contributed by atoms with Gasteiger partial charge in [0.25, 0.3) is 0 Å². The van der Waals surface area contributed by atoms with E-state index in [4.69, 9.17) is 22.1 Å². The van der Waals surface area contributed by atoms with Gasteiger partial charge in [0.1, 0.15) is 11.1 Å². The molecule has 1 aromatic heterocycles. The van der Waals surface area contributed by atoms with Crippen molar-refractivity contribution < 1.29 is 4.74 Å². The highest BCUT2D eigenvalue weighted by molar-refractivity contribution is 6.32.